The third-order valence-corrected chi connectivity index (χ3v) is 2.34. The molecule has 3 N–H and O–H groups in total. The summed E-state index contributed by atoms with van der Waals surface area (Å²) < 4.78 is 5.10. The van der Waals surface area contributed by atoms with Crippen LogP contribution in [0.4, 0.5) is 0 Å². The Hall–Kier alpha value is -1.06. The fourth-order valence-electron chi connectivity index (χ4n) is 1.39. The summed E-state index contributed by atoms with van der Waals surface area (Å²) in [6.07, 6.45) is 0.886. The molecular weight excluding hydrogens is 178 g/mol. The van der Waals surface area contributed by atoms with Crippen LogP contribution in [0.15, 0.2) is 18.2 Å². The number of methoxy groups -OCH3 is 1. The van der Waals surface area contributed by atoms with Crippen LogP contribution >= 0.6 is 0 Å². The topological polar surface area (TPSA) is 55.5 Å². The van der Waals surface area contributed by atoms with Crippen molar-refractivity contribution in [3.63, 3.8) is 0 Å². The molecule has 0 amide bonds. The van der Waals surface area contributed by atoms with Crippen LogP contribution in [-0.4, -0.2) is 12.2 Å². The summed E-state index contributed by atoms with van der Waals surface area (Å²) >= 11 is 0. The van der Waals surface area contributed by atoms with E-state index in [4.69, 9.17) is 15.6 Å². The standard InChI is InChI=1S/C11H17NO2/c1-3-10(12)8-4-5-11(14-2)9(6-8)7-13/h4-6,10,13H,3,7,12H2,1-2H3. The van der Waals surface area contributed by atoms with E-state index < -0.39 is 0 Å². The molecule has 14 heavy (non-hydrogen) atoms. The average Bonchev–Trinajstić information content (AvgIpc) is 2.26. The second-order valence-electron chi connectivity index (χ2n) is 3.24. The number of aliphatic hydroxyl groups is 1. The SMILES string of the molecule is CCC(N)c1ccc(OC)c(CO)c1. The van der Waals surface area contributed by atoms with Crippen LogP contribution in [-0.2, 0) is 6.61 Å². The van der Waals surface area contributed by atoms with Crippen molar-refractivity contribution in [3.05, 3.63) is 29.3 Å². The summed E-state index contributed by atoms with van der Waals surface area (Å²) in [6, 6.07) is 5.71. The van der Waals surface area contributed by atoms with Gasteiger partial charge in [0.25, 0.3) is 0 Å². The smallest absolute Gasteiger partial charge is 0.124 e. The predicted molar refractivity (Wildman–Crippen MR) is 56.1 cm³/mol. The number of nitrogens with two attached hydrogens (primary N) is 1. The van der Waals surface area contributed by atoms with Crippen LogP contribution in [0, 0.1) is 0 Å². The molecule has 0 bridgehead atoms. The minimum atomic E-state index is -0.0204. The van der Waals surface area contributed by atoms with Gasteiger partial charge in [0.05, 0.1) is 13.7 Å². The van der Waals surface area contributed by atoms with Crippen LogP contribution in [0.2, 0.25) is 0 Å². The zero-order valence-electron chi connectivity index (χ0n) is 8.66. The van der Waals surface area contributed by atoms with Gasteiger partial charge in [-0.05, 0) is 24.1 Å². The normalized spacial score (nSPS) is 12.6. The average molecular weight is 195 g/mol. The lowest BCUT2D eigenvalue weighted by molar-refractivity contribution is 0.273. The third-order valence-electron chi connectivity index (χ3n) is 2.34. The Morgan fingerprint density at radius 3 is 2.71 bits per heavy atom. The number of aliphatic hydroxyl groups excluding tert-OH is 1. The number of ether oxygens (including phenoxy) is 1. The molecule has 3 heteroatoms. The predicted octanol–water partition coefficient (Wildman–Crippen LogP) is 1.60. The van der Waals surface area contributed by atoms with E-state index in [-0.39, 0.29) is 12.6 Å². The summed E-state index contributed by atoms with van der Waals surface area (Å²) in [5, 5.41) is 9.11. The van der Waals surface area contributed by atoms with E-state index in [0.29, 0.717) is 5.75 Å². The van der Waals surface area contributed by atoms with Crippen molar-refractivity contribution in [2.75, 3.05) is 7.11 Å². The van der Waals surface area contributed by atoms with E-state index in [9.17, 15) is 0 Å². The number of hydrogen-bond donors (Lipinski definition) is 2. The summed E-state index contributed by atoms with van der Waals surface area (Å²) in [5.74, 6) is 0.708. The molecule has 0 radical (unpaired) electrons. The lowest BCUT2D eigenvalue weighted by Gasteiger charge is -2.12. The first-order valence-corrected chi connectivity index (χ1v) is 4.76. The van der Waals surface area contributed by atoms with Crippen LogP contribution in [0.25, 0.3) is 0 Å². The molecule has 78 valence electrons. The first kappa shape index (κ1) is 11.0. The van der Waals surface area contributed by atoms with E-state index in [1.54, 1.807) is 7.11 Å². The van der Waals surface area contributed by atoms with Crippen molar-refractivity contribution in [1.82, 2.24) is 0 Å². The molecular formula is C11H17NO2. The largest absolute Gasteiger partial charge is 0.496 e. The molecule has 0 aliphatic heterocycles. The van der Waals surface area contributed by atoms with Gasteiger partial charge < -0.3 is 15.6 Å². The van der Waals surface area contributed by atoms with Crippen molar-refractivity contribution in [2.24, 2.45) is 5.73 Å². The summed E-state index contributed by atoms with van der Waals surface area (Å²) in [6.45, 7) is 2.01. The minimum Gasteiger partial charge on any atom is -0.496 e. The van der Waals surface area contributed by atoms with Crippen LogP contribution in [0.3, 0.4) is 0 Å². The highest BCUT2D eigenvalue weighted by Gasteiger charge is 2.07. The highest BCUT2D eigenvalue weighted by Crippen LogP contribution is 2.23. The van der Waals surface area contributed by atoms with Gasteiger partial charge in [-0.3, -0.25) is 0 Å². The Balaban J connectivity index is 3.01. The molecule has 1 aromatic rings. The molecule has 0 fully saturated rings. The Bertz CT molecular complexity index is 299. The Kier molecular flexibility index (Phi) is 3.92. The van der Waals surface area contributed by atoms with Gasteiger partial charge in [-0.1, -0.05) is 13.0 Å². The fourth-order valence-corrected chi connectivity index (χ4v) is 1.39. The fraction of sp³-hybridized carbons (Fsp3) is 0.455. The lowest BCUT2D eigenvalue weighted by atomic mass is 10.0. The van der Waals surface area contributed by atoms with Gasteiger partial charge in [0, 0.05) is 11.6 Å². The molecule has 0 aliphatic carbocycles. The molecule has 0 aliphatic rings. The maximum absolute atomic E-state index is 9.11. The molecule has 0 aromatic heterocycles. The minimum absolute atomic E-state index is 0.0204. The molecule has 0 saturated carbocycles. The molecule has 1 atom stereocenters. The van der Waals surface area contributed by atoms with E-state index in [1.165, 1.54) is 0 Å². The maximum Gasteiger partial charge on any atom is 0.124 e. The van der Waals surface area contributed by atoms with Gasteiger partial charge >= 0.3 is 0 Å². The highest BCUT2D eigenvalue weighted by atomic mass is 16.5. The third kappa shape index (κ3) is 2.25. The zero-order valence-corrected chi connectivity index (χ0v) is 8.66. The Morgan fingerprint density at radius 2 is 2.21 bits per heavy atom. The van der Waals surface area contributed by atoms with Gasteiger partial charge in [0.15, 0.2) is 0 Å². The maximum atomic E-state index is 9.11. The van der Waals surface area contributed by atoms with E-state index in [0.717, 1.165) is 17.5 Å². The summed E-state index contributed by atoms with van der Waals surface area (Å²) in [5.41, 5.74) is 7.71. The van der Waals surface area contributed by atoms with Gasteiger partial charge in [-0.25, -0.2) is 0 Å². The zero-order chi connectivity index (χ0) is 10.6. The first-order chi connectivity index (χ1) is 6.72. The molecule has 0 saturated heterocycles. The molecule has 1 unspecified atom stereocenters. The van der Waals surface area contributed by atoms with Crippen molar-refractivity contribution in [2.45, 2.75) is 26.0 Å². The number of benzene rings is 1. The van der Waals surface area contributed by atoms with Crippen molar-refractivity contribution in [1.29, 1.82) is 0 Å². The Labute approximate surface area is 84.5 Å². The monoisotopic (exact) mass is 195 g/mol. The van der Waals surface area contributed by atoms with Gasteiger partial charge in [0.2, 0.25) is 0 Å². The second kappa shape index (κ2) is 4.98. The molecule has 3 nitrogen and oxygen atoms in total. The number of hydrogen-bond acceptors (Lipinski definition) is 3. The van der Waals surface area contributed by atoms with E-state index >= 15 is 0 Å². The van der Waals surface area contributed by atoms with E-state index in [2.05, 4.69) is 0 Å². The van der Waals surface area contributed by atoms with Crippen LogP contribution < -0.4 is 10.5 Å². The van der Waals surface area contributed by atoms with Crippen LogP contribution in [0.1, 0.15) is 30.5 Å². The van der Waals surface area contributed by atoms with Gasteiger partial charge in [-0.2, -0.15) is 0 Å². The van der Waals surface area contributed by atoms with Crippen molar-refractivity contribution < 1.29 is 9.84 Å². The van der Waals surface area contributed by atoms with Crippen molar-refractivity contribution >= 4 is 0 Å². The Morgan fingerprint density at radius 1 is 1.50 bits per heavy atom. The van der Waals surface area contributed by atoms with E-state index in [1.807, 2.05) is 25.1 Å². The number of rotatable bonds is 4. The lowest BCUT2D eigenvalue weighted by Crippen LogP contribution is -2.09. The molecule has 0 heterocycles. The van der Waals surface area contributed by atoms with Gasteiger partial charge in [-0.15, -0.1) is 0 Å². The summed E-state index contributed by atoms with van der Waals surface area (Å²) in [7, 11) is 1.59. The first-order valence-electron chi connectivity index (χ1n) is 4.76. The second-order valence-corrected chi connectivity index (χ2v) is 3.24. The van der Waals surface area contributed by atoms with Crippen molar-refractivity contribution in [3.8, 4) is 5.75 Å². The molecule has 0 spiro atoms. The molecule has 1 aromatic carbocycles. The quantitative estimate of drug-likeness (QED) is 0.767. The highest BCUT2D eigenvalue weighted by molar-refractivity contribution is 5.37. The van der Waals surface area contributed by atoms with Gasteiger partial charge in [0.1, 0.15) is 5.75 Å². The van der Waals surface area contributed by atoms with Crippen LogP contribution in [0.5, 0.6) is 5.75 Å². The summed E-state index contributed by atoms with van der Waals surface area (Å²) in [4.78, 5) is 0. The molecule has 1 rings (SSSR count).